The first kappa shape index (κ1) is 14.8. The van der Waals surface area contributed by atoms with Crippen LogP contribution in [0.3, 0.4) is 0 Å². The number of benzene rings is 1. The van der Waals surface area contributed by atoms with Crippen molar-refractivity contribution in [1.82, 2.24) is 4.90 Å². The van der Waals surface area contributed by atoms with E-state index in [2.05, 4.69) is 0 Å². The number of ether oxygens (including phenoxy) is 2. The van der Waals surface area contributed by atoms with Gasteiger partial charge in [-0.2, -0.15) is 0 Å². The van der Waals surface area contributed by atoms with Gasteiger partial charge in [0.15, 0.2) is 0 Å². The molecule has 1 aliphatic heterocycles. The summed E-state index contributed by atoms with van der Waals surface area (Å²) >= 11 is 0. The largest absolute Gasteiger partial charge is 0.492 e. The number of nitrogens with zero attached hydrogens (tertiary/aromatic N) is 1. The second kappa shape index (κ2) is 7.23. The second-order valence-corrected chi connectivity index (χ2v) is 4.73. The summed E-state index contributed by atoms with van der Waals surface area (Å²) in [5.41, 5.74) is 12.0. The van der Waals surface area contributed by atoms with Crippen LogP contribution in [0.4, 0.5) is 0 Å². The zero-order chi connectivity index (χ0) is 14.4. The van der Waals surface area contributed by atoms with E-state index in [1.807, 2.05) is 29.2 Å². The van der Waals surface area contributed by atoms with E-state index in [-0.39, 0.29) is 11.9 Å². The molecule has 0 spiro atoms. The van der Waals surface area contributed by atoms with Crippen LogP contribution in [-0.2, 0) is 16.1 Å². The number of carbonyl (C=O) groups is 1. The number of carbonyl (C=O) groups excluding carboxylic acids is 1. The molecular formula is C14H21N3O3. The molecule has 1 atom stereocenters. The van der Waals surface area contributed by atoms with Crippen LogP contribution in [-0.4, -0.2) is 49.8 Å². The van der Waals surface area contributed by atoms with Gasteiger partial charge in [0.2, 0.25) is 5.91 Å². The first-order chi connectivity index (χ1) is 9.70. The predicted octanol–water partition coefficient (Wildman–Crippen LogP) is -0.290. The van der Waals surface area contributed by atoms with Crippen molar-refractivity contribution in [2.45, 2.75) is 12.6 Å². The van der Waals surface area contributed by atoms with Crippen molar-refractivity contribution in [1.29, 1.82) is 0 Å². The Balaban J connectivity index is 1.80. The lowest BCUT2D eigenvalue weighted by Gasteiger charge is -2.33. The van der Waals surface area contributed by atoms with Gasteiger partial charge in [-0.3, -0.25) is 9.69 Å². The molecule has 1 unspecified atom stereocenters. The third kappa shape index (κ3) is 3.93. The SMILES string of the molecule is NCc1ccc(OCCN2CCOCC2C(N)=O)cc1. The standard InChI is InChI=1S/C14H21N3O3/c15-9-11-1-3-12(4-2-11)20-8-6-17-5-7-19-10-13(17)14(16)18/h1-4,13H,5-10,15H2,(H2,16,18). The Bertz CT molecular complexity index is 436. The zero-order valence-corrected chi connectivity index (χ0v) is 11.5. The fraction of sp³-hybridized carbons (Fsp3) is 0.500. The lowest BCUT2D eigenvalue weighted by Crippen LogP contribution is -2.53. The van der Waals surface area contributed by atoms with Gasteiger partial charge in [0.1, 0.15) is 18.4 Å². The summed E-state index contributed by atoms with van der Waals surface area (Å²) in [7, 11) is 0. The summed E-state index contributed by atoms with van der Waals surface area (Å²) in [6.45, 7) is 3.36. The third-order valence-electron chi connectivity index (χ3n) is 3.37. The predicted molar refractivity (Wildman–Crippen MR) is 75.2 cm³/mol. The Morgan fingerprint density at radius 3 is 2.80 bits per heavy atom. The maximum Gasteiger partial charge on any atom is 0.237 e. The van der Waals surface area contributed by atoms with Crippen LogP contribution in [0, 0.1) is 0 Å². The van der Waals surface area contributed by atoms with Crippen molar-refractivity contribution >= 4 is 5.91 Å². The number of nitrogens with two attached hydrogens (primary N) is 2. The molecule has 2 rings (SSSR count). The maximum absolute atomic E-state index is 11.3. The van der Waals surface area contributed by atoms with Crippen LogP contribution in [0.15, 0.2) is 24.3 Å². The van der Waals surface area contributed by atoms with E-state index >= 15 is 0 Å². The molecule has 0 radical (unpaired) electrons. The minimum absolute atomic E-state index is 0.350. The summed E-state index contributed by atoms with van der Waals surface area (Å²) in [6.07, 6.45) is 0. The van der Waals surface area contributed by atoms with Gasteiger partial charge in [-0.05, 0) is 17.7 Å². The summed E-state index contributed by atoms with van der Waals surface area (Å²) in [5, 5.41) is 0. The zero-order valence-electron chi connectivity index (χ0n) is 11.5. The van der Waals surface area contributed by atoms with E-state index in [1.54, 1.807) is 0 Å². The Hall–Kier alpha value is -1.63. The number of amides is 1. The van der Waals surface area contributed by atoms with Crippen LogP contribution in [0.1, 0.15) is 5.56 Å². The van der Waals surface area contributed by atoms with Gasteiger partial charge in [-0.15, -0.1) is 0 Å². The molecule has 1 fully saturated rings. The lowest BCUT2D eigenvalue weighted by atomic mass is 10.2. The van der Waals surface area contributed by atoms with E-state index in [1.165, 1.54) is 0 Å². The van der Waals surface area contributed by atoms with Gasteiger partial charge >= 0.3 is 0 Å². The van der Waals surface area contributed by atoms with Gasteiger partial charge in [0, 0.05) is 19.6 Å². The van der Waals surface area contributed by atoms with Gasteiger partial charge in [-0.1, -0.05) is 12.1 Å². The molecule has 0 saturated carbocycles. The second-order valence-electron chi connectivity index (χ2n) is 4.73. The average Bonchev–Trinajstić information content (AvgIpc) is 2.48. The van der Waals surface area contributed by atoms with Gasteiger partial charge < -0.3 is 20.9 Å². The quantitative estimate of drug-likeness (QED) is 0.747. The van der Waals surface area contributed by atoms with Crippen LogP contribution in [0.25, 0.3) is 0 Å². The monoisotopic (exact) mass is 279 g/mol. The fourth-order valence-electron chi connectivity index (χ4n) is 2.17. The minimum atomic E-state index is -0.355. The molecule has 1 aromatic rings. The van der Waals surface area contributed by atoms with Crippen molar-refractivity contribution in [3.05, 3.63) is 29.8 Å². The van der Waals surface area contributed by atoms with Crippen molar-refractivity contribution in [3.8, 4) is 5.75 Å². The van der Waals surface area contributed by atoms with Crippen molar-refractivity contribution < 1.29 is 14.3 Å². The number of primary amides is 1. The molecule has 6 heteroatoms. The summed E-state index contributed by atoms with van der Waals surface area (Å²) in [6, 6.07) is 7.32. The van der Waals surface area contributed by atoms with Crippen molar-refractivity contribution in [2.75, 3.05) is 32.9 Å². The number of hydrogen-bond donors (Lipinski definition) is 2. The highest BCUT2D eigenvalue weighted by molar-refractivity contribution is 5.80. The highest BCUT2D eigenvalue weighted by atomic mass is 16.5. The van der Waals surface area contributed by atoms with Crippen LogP contribution < -0.4 is 16.2 Å². The van der Waals surface area contributed by atoms with E-state index in [9.17, 15) is 4.79 Å². The molecule has 0 bridgehead atoms. The minimum Gasteiger partial charge on any atom is -0.492 e. The Morgan fingerprint density at radius 2 is 2.15 bits per heavy atom. The summed E-state index contributed by atoms with van der Waals surface area (Å²) in [5.74, 6) is 0.447. The first-order valence-electron chi connectivity index (χ1n) is 6.73. The van der Waals surface area contributed by atoms with Crippen LogP contribution in [0.2, 0.25) is 0 Å². The molecule has 0 aromatic heterocycles. The number of hydrogen-bond acceptors (Lipinski definition) is 5. The van der Waals surface area contributed by atoms with E-state index in [0.29, 0.717) is 39.5 Å². The van der Waals surface area contributed by atoms with Gasteiger partial charge in [0.25, 0.3) is 0 Å². The molecule has 1 amide bonds. The smallest absolute Gasteiger partial charge is 0.237 e. The van der Waals surface area contributed by atoms with Crippen molar-refractivity contribution in [3.63, 3.8) is 0 Å². The molecule has 110 valence electrons. The molecule has 4 N–H and O–H groups in total. The molecule has 1 aromatic carbocycles. The molecule has 6 nitrogen and oxygen atoms in total. The molecule has 0 aliphatic carbocycles. The van der Waals surface area contributed by atoms with Crippen LogP contribution >= 0.6 is 0 Å². The normalized spacial score (nSPS) is 19.8. The Labute approximate surface area is 118 Å². The van der Waals surface area contributed by atoms with Gasteiger partial charge in [0.05, 0.1) is 13.2 Å². The van der Waals surface area contributed by atoms with Crippen LogP contribution in [0.5, 0.6) is 5.75 Å². The molecular weight excluding hydrogens is 258 g/mol. The van der Waals surface area contributed by atoms with Gasteiger partial charge in [-0.25, -0.2) is 0 Å². The maximum atomic E-state index is 11.3. The van der Waals surface area contributed by atoms with E-state index in [4.69, 9.17) is 20.9 Å². The fourth-order valence-corrected chi connectivity index (χ4v) is 2.17. The molecule has 1 heterocycles. The lowest BCUT2D eigenvalue weighted by molar-refractivity contribution is -0.129. The van der Waals surface area contributed by atoms with E-state index in [0.717, 1.165) is 11.3 Å². The Morgan fingerprint density at radius 1 is 1.40 bits per heavy atom. The molecule has 20 heavy (non-hydrogen) atoms. The number of morpholine rings is 1. The summed E-state index contributed by atoms with van der Waals surface area (Å²) in [4.78, 5) is 13.3. The van der Waals surface area contributed by atoms with Crippen molar-refractivity contribution in [2.24, 2.45) is 11.5 Å². The topological polar surface area (TPSA) is 90.8 Å². The molecule has 1 saturated heterocycles. The van der Waals surface area contributed by atoms with E-state index < -0.39 is 0 Å². The summed E-state index contributed by atoms with van der Waals surface area (Å²) < 4.78 is 10.9. The number of rotatable bonds is 6. The highest BCUT2D eigenvalue weighted by Crippen LogP contribution is 2.12. The highest BCUT2D eigenvalue weighted by Gasteiger charge is 2.27. The Kier molecular flexibility index (Phi) is 5.34. The first-order valence-corrected chi connectivity index (χ1v) is 6.73. The molecule has 1 aliphatic rings. The third-order valence-corrected chi connectivity index (χ3v) is 3.37. The average molecular weight is 279 g/mol.